The highest BCUT2D eigenvalue weighted by Gasteiger charge is 1.99. The standard InChI is InChI=1S/C9H9FN2O2/c1-2-14-9(13)4-3-8-7(10)5-11-6-12-8/h3-6H,2H2,1H3/b4-3+. The molecule has 1 aromatic rings. The number of rotatable bonds is 3. The molecule has 14 heavy (non-hydrogen) atoms. The molecule has 0 fully saturated rings. The Bertz CT molecular complexity index is 352. The summed E-state index contributed by atoms with van der Waals surface area (Å²) in [6, 6.07) is 0. The summed E-state index contributed by atoms with van der Waals surface area (Å²) in [5.74, 6) is -1.10. The number of halogens is 1. The maximum atomic E-state index is 12.9. The van der Waals surface area contributed by atoms with Gasteiger partial charge in [0, 0.05) is 6.08 Å². The second-order valence-corrected chi connectivity index (χ2v) is 2.34. The van der Waals surface area contributed by atoms with Crippen LogP contribution in [0.25, 0.3) is 6.08 Å². The molecule has 1 rings (SSSR count). The molecule has 0 radical (unpaired) electrons. The highest BCUT2D eigenvalue weighted by atomic mass is 19.1. The van der Waals surface area contributed by atoms with Crippen LogP contribution in [0.3, 0.4) is 0 Å². The average molecular weight is 196 g/mol. The number of esters is 1. The summed E-state index contributed by atoms with van der Waals surface area (Å²) in [6.45, 7) is 1.98. The lowest BCUT2D eigenvalue weighted by atomic mass is 10.3. The first-order valence-electron chi connectivity index (χ1n) is 4.04. The monoisotopic (exact) mass is 196 g/mol. The molecule has 0 aromatic carbocycles. The van der Waals surface area contributed by atoms with Crippen molar-refractivity contribution in [1.82, 2.24) is 9.97 Å². The second-order valence-electron chi connectivity index (χ2n) is 2.34. The van der Waals surface area contributed by atoms with E-state index in [2.05, 4.69) is 14.7 Å². The van der Waals surface area contributed by atoms with Crippen LogP contribution in [0.15, 0.2) is 18.6 Å². The number of carbonyl (C=O) groups excluding carboxylic acids is 1. The Balaban J connectivity index is 2.69. The van der Waals surface area contributed by atoms with Gasteiger partial charge in [-0.05, 0) is 13.0 Å². The van der Waals surface area contributed by atoms with E-state index in [0.29, 0.717) is 0 Å². The predicted octanol–water partition coefficient (Wildman–Crippen LogP) is 1.19. The van der Waals surface area contributed by atoms with Crippen molar-refractivity contribution < 1.29 is 13.9 Å². The number of nitrogens with zero attached hydrogens (tertiary/aromatic N) is 2. The molecular weight excluding hydrogens is 187 g/mol. The molecule has 0 saturated heterocycles. The summed E-state index contributed by atoms with van der Waals surface area (Å²) in [5.41, 5.74) is 0.0630. The molecule has 0 saturated carbocycles. The first-order chi connectivity index (χ1) is 6.74. The number of carbonyl (C=O) groups is 1. The molecule has 4 nitrogen and oxygen atoms in total. The zero-order chi connectivity index (χ0) is 10.4. The quantitative estimate of drug-likeness (QED) is 0.538. The predicted molar refractivity (Wildman–Crippen MR) is 47.7 cm³/mol. The van der Waals surface area contributed by atoms with E-state index in [4.69, 9.17) is 0 Å². The third-order valence-electron chi connectivity index (χ3n) is 1.36. The maximum Gasteiger partial charge on any atom is 0.330 e. The minimum absolute atomic E-state index is 0.0630. The topological polar surface area (TPSA) is 52.1 Å². The Kier molecular flexibility index (Phi) is 3.72. The smallest absolute Gasteiger partial charge is 0.330 e. The Morgan fingerprint density at radius 2 is 2.50 bits per heavy atom. The molecule has 0 aliphatic rings. The van der Waals surface area contributed by atoms with E-state index in [9.17, 15) is 9.18 Å². The normalized spacial score (nSPS) is 10.4. The van der Waals surface area contributed by atoms with Gasteiger partial charge in [-0.2, -0.15) is 0 Å². The van der Waals surface area contributed by atoms with E-state index in [1.807, 2.05) is 0 Å². The molecule has 0 spiro atoms. The lowest BCUT2D eigenvalue weighted by Crippen LogP contribution is -1.99. The summed E-state index contributed by atoms with van der Waals surface area (Å²) < 4.78 is 17.5. The SMILES string of the molecule is CCOC(=O)/C=C/c1ncncc1F. The van der Waals surface area contributed by atoms with Gasteiger partial charge in [-0.3, -0.25) is 0 Å². The Hall–Kier alpha value is -1.78. The first kappa shape index (κ1) is 10.3. The van der Waals surface area contributed by atoms with E-state index in [-0.39, 0.29) is 12.3 Å². The molecule has 0 amide bonds. The molecular formula is C9H9FN2O2. The molecule has 5 heteroatoms. The number of aromatic nitrogens is 2. The van der Waals surface area contributed by atoms with Gasteiger partial charge in [0.1, 0.15) is 12.0 Å². The Morgan fingerprint density at radius 3 is 3.14 bits per heavy atom. The highest BCUT2D eigenvalue weighted by Crippen LogP contribution is 2.02. The zero-order valence-corrected chi connectivity index (χ0v) is 7.61. The lowest BCUT2D eigenvalue weighted by molar-refractivity contribution is -0.137. The van der Waals surface area contributed by atoms with E-state index in [0.717, 1.165) is 12.3 Å². The van der Waals surface area contributed by atoms with Gasteiger partial charge in [0.2, 0.25) is 0 Å². The molecule has 1 aromatic heterocycles. The van der Waals surface area contributed by atoms with Crippen LogP contribution in [0.1, 0.15) is 12.6 Å². The van der Waals surface area contributed by atoms with Gasteiger partial charge in [-0.25, -0.2) is 19.2 Å². The largest absolute Gasteiger partial charge is 0.463 e. The third-order valence-corrected chi connectivity index (χ3v) is 1.36. The van der Waals surface area contributed by atoms with Gasteiger partial charge < -0.3 is 4.74 Å². The molecule has 0 bridgehead atoms. The molecule has 0 aliphatic carbocycles. The van der Waals surface area contributed by atoms with Crippen molar-refractivity contribution >= 4 is 12.0 Å². The van der Waals surface area contributed by atoms with Crippen LogP contribution in [0, 0.1) is 5.82 Å². The minimum atomic E-state index is -0.576. The van der Waals surface area contributed by atoms with Gasteiger partial charge in [-0.1, -0.05) is 0 Å². The van der Waals surface area contributed by atoms with Gasteiger partial charge >= 0.3 is 5.97 Å². The van der Waals surface area contributed by atoms with Crippen LogP contribution in [0.2, 0.25) is 0 Å². The van der Waals surface area contributed by atoms with Crippen LogP contribution in [-0.4, -0.2) is 22.5 Å². The van der Waals surface area contributed by atoms with Crippen LogP contribution in [0.5, 0.6) is 0 Å². The summed E-state index contributed by atoms with van der Waals surface area (Å²) >= 11 is 0. The van der Waals surface area contributed by atoms with E-state index < -0.39 is 11.8 Å². The van der Waals surface area contributed by atoms with Crippen LogP contribution < -0.4 is 0 Å². The summed E-state index contributed by atoms with van der Waals surface area (Å²) in [4.78, 5) is 18.0. The molecule has 1 heterocycles. The van der Waals surface area contributed by atoms with Gasteiger partial charge in [0.25, 0.3) is 0 Å². The van der Waals surface area contributed by atoms with Gasteiger partial charge in [0.05, 0.1) is 12.8 Å². The van der Waals surface area contributed by atoms with E-state index in [1.54, 1.807) is 6.92 Å². The van der Waals surface area contributed by atoms with Gasteiger partial charge in [0.15, 0.2) is 5.82 Å². The average Bonchev–Trinajstić information content (AvgIpc) is 2.17. The fraction of sp³-hybridized carbons (Fsp3) is 0.222. The van der Waals surface area contributed by atoms with Crippen molar-refractivity contribution in [3.05, 3.63) is 30.1 Å². The maximum absolute atomic E-state index is 12.9. The van der Waals surface area contributed by atoms with Gasteiger partial charge in [-0.15, -0.1) is 0 Å². The number of hydrogen-bond acceptors (Lipinski definition) is 4. The number of ether oxygens (including phenoxy) is 1. The fourth-order valence-corrected chi connectivity index (χ4v) is 0.782. The fourth-order valence-electron chi connectivity index (χ4n) is 0.782. The van der Waals surface area contributed by atoms with Crippen LogP contribution in [0.4, 0.5) is 4.39 Å². The van der Waals surface area contributed by atoms with Crippen molar-refractivity contribution in [2.24, 2.45) is 0 Å². The van der Waals surface area contributed by atoms with Crippen molar-refractivity contribution in [1.29, 1.82) is 0 Å². The molecule has 0 N–H and O–H groups in total. The van der Waals surface area contributed by atoms with E-state index >= 15 is 0 Å². The summed E-state index contributed by atoms with van der Waals surface area (Å²) in [6.07, 6.45) is 4.59. The van der Waals surface area contributed by atoms with E-state index in [1.165, 1.54) is 12.4 Å². The zero-order valence-electron chi connectivity index (χ0n) is 7.61. The Morgan fingerprint density at radius 1 is 1.71 bits per heavy atom. The minimum Gasteiger partial charge on any atom is -0.463 e. The van der Waals surface area contributed by atoms with Crippen molar-refractivity contribution in [3.8, 4) is 0 Å². The van der Waals surface area contributed by atoms with Crippen LogP contribution >= 0.6 is 0 Å². The third kappa shape index (κ3) is 2.93. The first-order valence-corrected chi connectivity index (χ1v) is 4.04. The molecule has 0 unspecified atom stereocenters. The second kappa shape index (κ2) is 5.06. The summed E-state index contributed by atoms with van der Waals surface area (Å²) in [7, 11) is 0. The van der Waals surface area contributed by atoms with Crippen molar-refractivity contribution in [2.45, 2.75) is 6.92 Å². The highest BCUT2D eigenvalue weighted by molar-refractivity contribution is 5.86. The number of hydrogen-bond donors (Lipinski definition) is 0. The van der Waals surface area contributed by atoms with Crippen molar-refractivity contribution in [3.63, 3.8) is 0 Å². The van der Waals surface area contributed by atoms with Crippen LogP contribution in [-0.2, 0) is 9.53 Å². The molecule has 0 aliphatic heterocycles. The molecule has 0 atom stereocenters. The molecule has 74 valence electrons. The summed E-state index contributed by atoms with van der Waals surface area (Å²) in [5, 5.41) is 0. The Labute approximate surface area is 80.4 Å². The van der Waals surface area contributed by atoms with Crippen molar-refractivity contribution in [2.75, 3.05) is 6.61 Å². The lowest BCUT2D eigenvalue weighted by Gasteiger charge is -1.95.